The second-order valence-corrected chi connectivity index (χ2v) is 4.08. The Bertz CT molecular complexity index is 670. The molecule has 0 saturated heterocycles. The van der Waals surface area contributed by atoms with Gasteiger partial charge in [-0.3, -0.25) is 4.57 Å². The normalized spacial score (nSPS) is 10.9. The van der Waals surface area contributed by atoms with Gasteiger partial charge in [0.2, 0.25) is 5.28 Å². The van der Waals surface area contributed by atoms with Crippen LogP contribution in [-0.2, 0) is 0 Å². The van der Waals surface area contributed by atoms with Gasteiger partial charge in [-0.2, -0.15) is 4.98 Å². The molecule has 0 unspecified atom stereocenters. The highest BCUT2D eigenvalue weighted by molar-refractivity contribution is 6.28. The molecule has 0 N–H and O–H groups in total. The van der Waals surface area contributed by atoms with Gasteiger partial charge in [-0.15, -0.1) is 0 Å². The Morgan fingerprint density at radius 1 is 1.18 bits per heavy atom. The second kappa shape index (κ2) is 3.82. The van der Waals surface area contributed by atoms with Crippen molar-refractivity contribution in [2.45, 2.75) is 6.92 Å². The molecule has 3 rings (SSSR count). The van der Waals surface area contributed by atoms with E-state index < -0.39 is 0 Å². The summed E-state index contributed by atoms with van der Waals surface area (Å²) in [5, 5.41) is 0.248. The van der Waals surface area contributed by atoms with E-state index in [2.05, 4.69) is 15.0 Å². The third-order valence-electron chi connectivity index (χ3n) is 2.51. The number of aryl methyl sites for hydroxylation is 1. The molecule has 3 aromatic rings. The molecule has 2 heterocycles. The molecule has 0 aliphatic heterocycles. The van der Waals surface area contributed by atoms with Crippen molar-refractivity contribution in [3.63, 3.8) is 0 Å². The number of rotatable bonds is 1. The summed E-state index contributed by atoms with van der Waals surface area (Å²) in [6.07, 6.45) is 1.74. The molecule has 17 heavy (non-hydrogen) atoms. The SMILES string of the molecule is Cc1cc(-n2cnc3ccccc32)nc(Cl)n1. The standard InChI is InChI=1S/C12H9ClN4/c1-8-6-11(16-12(13)15-8)17-7-14-9-4-2-3-5-10(9)17/h2-7H,1H3. The number of aromatic nitrogens is 4. The van der Waals surface area contributed by atoms with Crippen LogP contribution in [-0.4, -0.2) is 19.5 Å². The molecule has 0 bridgehead atoms. The number of para-hydroxylation sites is 2. The number of nitrogens with zero attached hydrogens (tertiary/aromatic N) is 4. The third kappa shape index (κ3) is 1.76. The predicted molar refractivity (Wildman–Crippen MR) is 66.4 cm³/mol. The second-order valence-electron chi connectivity index (χ2n) is 3.74. The van der Waals surface area contributed by atoms with Gasteiger partial charge in [0.1, 0.15) is 12.1 Å². The number of imidazole rings is 1. The Kier molecular flexibility index (Phi) is 2.30. The van der Waals surface area contributed by atoms with E-state index in [1.54, 1.807) is 6.33 Å². The quantitative estimate of drug-likeness (QED) is 0.618. The molecule has 4 nitrogen and oxygen atoms in total. The first kappa shape index (κ1) is 10.2. The zero-order valence-corrected chi connectivity index (χ0v) is 9.89. The van der Waals surface area contributed by atoms with E-state index in [1.807, 2.05) is 41.8 Å². The third-order valence-corrected chi connectivity index (χ3v) is 2.68. The van der Waals surface area contributed by atoms with Crippen LogP contribution in [0.15, 0.2) is 36.7 Å². The van der Waals surface area contributed by atoms with Crippen molar-refractivity contribution in [2.75, 3.05) is 0 Å². The summed E-state index contributed by atoms with van der Waals surface area (Å²) < 4.78 is 1.90. The summed E-state index contributed by atoms with van der Waals surface area (Å²) >= 11 is 5.86. The molecule has 0 fully saturated rings. The minimum absolute atomic E-state index is 0.248. The van der Waals surface area contributed by atoms with E-state index in [-0.39, 0.29) is 5.28 Å². The van der Waals surface area contributed by atoms with Crippen molar-refractivity contribution in [2.24, 2.45) is 0 Å². The minimum Gasteiger partial charge on any atom is -0.283 e. The van der Waals surface area contributed by atoms with Crippen molar-refractivity contribution >= 4 is 22.6 Å². The predicted octanol–water partition coefficient (Wildman–Crippen LogP) is 2.78. The largest absolute Gasteiger partial charge is 0.283 e. The number of fused-ring (bicyclic) bond motifs is 1. The van der Waals surface area contributed by atoms with Crippen molar-refractivity contribution in [1.82, 2.24) is 19.5 Å². The van der Waals surface area contributed by atoms with Gasteiger partial charge >= 0.3 is 0 Å². The summed E-state index contributed by atoms with van der Waals surface area (Å²) in [6.45, 7) is 1.89. The lowest BCUT2D eigenvalue weighted by atomic mass is 10.3. The zero-order chi connectivity index (χ0) is 11.8. The molecule has 2 aromatic heterocycles. The lowest BCUT2D eigenvalue weighted by Crippen LogP contribution is -1.98. The summed E-state index contributed by atoms with van der Waals surface area (Å²) in [5.74, 6) is 0.733. The summed E-state index contributed by atoms with van der Waals surface area (Å²) in [5.41, 5.74) is 2.76. The molecule has 0 spiro atoms. The van der Waals surface area contributed by atoms with E-state index >= 15 is 0 Å². The highest BCUT2D eigenvalue weighted by Crippen LogP contribution is 2.17. The molecule has 5 heteroatoms. The van der Waals surface area contributed by atoms with E-state index in [9.17, 15) is 0 Å². The van der Waals surface area contributed by atoms with Gasteiger partial charge in [0.05, 0.1) is 11.0 Å². The Balaban J connectivity index is 2.27. The fourth-order valence-electron chi connectivity index (χ4n) is 1.78. The lowest BCUT2D eigenvalue weighted by Gasteiger charge is -2.04. The molecule has 84 valence electrons. The number of hydrogen-bond donors (Lipinski definition) is 0. The zero-order valence-electron chi connectivity index (χ0n) is 9.13. The summed E-state index contributed by atoms with van der Waals surface area (Å²) in [6, 6.07) is 9.75. The van der Waals surface area contributed by atoms with Crippen molar-refractivity contribution < 1.29 is 0 Å². The molecule has 1 aromatic carbocycles. The van der Waals surface area contributed by atoms with Gasteiger partial charge in [-0.25, -0.2) is 9.97 Å². The van der Waals surface area contributed by atoms with Crippen LogP contribution < -0.4 is 0 Å². The number of halogens is 1. The van der Waals surface area contributed by atoms with E-state index in [0.29, 0.717) is 0 Å². The molecule has 0 radical (unpaired) electrons. The average molecular weight is 245 g/mol. The molecule has 0 atom stereocenters. The van der Waals surface area contributed by atoms with E-state index in [1.165, 1.54) is 0 Å². The van der Waals surface area contributed by atoms with Gasteiger partial charge in [-0.1, -0.05) is 12.1 Å². The maximum atomic E-state index is 5.86. The van der Waals surface area contributed by atoms with Crippen LogP contribution in [0.4, 0.5) is 0 Å². The van der Waals surface area contributed by atoms with Crippen LogP contribution in [0, 0.1) is 6.92 Å². The van der Waals surface area contributed by atoms with E-state index in [0.717, 1.165) is 22.5 Å². The molecule has 0 aliphatic carbocycles. The average Bonchev–Trinajstić information content (AvgIpc) is 2.71. The maximum Gasteiger partial charge on any atom is 0.224 e. The number of benzene rings is 1. The molecular formula is C12H9ClN4. The Morgan fingerprint density at radius 3 is 2.82 bits per heavy atom. The van der Waals surface area contributed by atoms with Crippen LogP contribution >= 0.6 is 11.6 Å². The van der Waals surface area contributed by atoms with Crippen LogP contribution in [0.25, 0.3) is 16.9 Å². The highest BCUT2D eigenvalue weighted by Gasteiger charge is 2.06. The Morgan fingerprint density at radius 2 is 2.00 bits per heavy atom. The first-order valence-electron chi connectivity index (χ1n) is 5.18. The summed E-state index contributed by atoms with van der Waals surface area (Å²) in [7, 11) is 0. The van der Waals surface area contributed by atoms with Crippen LogP contribution in [0.5, 0.6) is 0 Å². The van der Waals surface area contributed by atoms with Crippen molar-refractivity contribution in [1.29, 1.82) is 0 Å². The maximum absolute atomic E-state index is 5.86. The smallest absolute Gasteiger partial charge is 0.224 e. The fourth-order valence-corrected chi connectivity index (χ4v) is 2.00. The van der Waals surface area contributed by atoms with Crippen LogP contribution in [0.2, 0.25) is 5.28 Å². The molecule has 0 saturated carbocycles. The number of hydrogen-bond acceptors (Lipinski definition) is 3. The van der Waals surface area contributed by atoms with Gasteiger partial charge in [0.25, 0.3) is 0 Å². The van der Waals surface area contributed by atoms with Crippen molar-refractivity contribution in [3.05, 3.63) is 47.6 Å². The Labute approximate surface area is 103 Å². The lowest BCUT2D eigenvalue weighted by molar-refractivity contribution is 0.977. The Hall–Kier alpha value is -1.94. The molecular weight excluding hydrogens is 236 g/mol. The highest BCUT2D eigenvalue weighted by atomic mass is 35.5. The first-order valence-corrected chi connectivity index (χ1v) is 5.55. The van der Waals surface area contributed by atoms with Gasteiger partial charge < -0.3 is 0 Å². The topological polar surface area (TPSA) is 43.6 Å². The molecule has 0 aliphatic rings. The van der Waals surface area contributed by atoms with Crippen molar-refractivity contribution in [3.8, 4) is 5.82 Å². The van der Waals surface area contributed by atoms with E-state index in [4.69, 9.17) is 11.6 Å². The minimum atomic E-state index is 0.248. The summed E-state index contributed by atoms with van der Waals surface area (Å²) in [4.78, 5) is 12.6. The van der Waals surface area contributed by atoms with Gasteiger partial charge in [0, 0.05) is 11.8 Å². The molecule has 0 amide bonds. The van der Waals surface area contributed by atoms with Gasteiger partial charge in [-0.05, 0) is 30.7 Å². The van der Waals surface area contributed by atoms with Gasteiger partial charge in [0.15, 0.2) is 0 Å². The first-order chi connectivity index (χ1) is 8.24. The fraction of sp³-hybridized carbons (Fsp3) is 0.0833. The van der Waals surface area contributed by atoms with Crippen LogP contribution in [0.1, 0.15) is 5.69 Å². The monoisotopic (exact) mass is 244 g/mol. The van der Waals surface area contributed by atoms with Crippen LogP contribution in [0.3, 0.4) is 0 Å².